The lowest BCUT2D eigenvalue weighted by Gasteiger charge is -2.40. The Labute approximate surface area is 172 Å². The molecule has 1 aromatic heterocycles. The number of halogens is 1. The van der Waals surface area contributed by atoms with Gasteiger partial charge in [0.2, 0.25) is 0 Å². The number of hydrogen-bond acceptors (Lipinski definition) is 2. The summed E-state index contributed by atoms with van der Waals surface area (Å²) < 4.78 is 2.42. The van der Waals surface area contributed by atoms with E-state index in [1.165, 1.54) is 10.9 Å². The van der Waals surface area contributed by atoms with E-state index in [0.717, 1.165) is 21.8 Å². The van der Waals surface area contributed by atoms with E-state index in [4.69, 9.17) is 11.6 Å². The van der Waals surface area contributed by atoms with E-state index in [0.29, 0.717) is 6.54 Å². The van der Waals surface area contributed by atoms with E-state index in [9.17, 15) is 4.79 Å². The standard InChI is InChI=1S/C23H27ClN2OSi/c1-23(2,3)28(4,5)26-18-9-7-6-8-17(18)20-21(25-14-19(27)22(20)26)15-10-12-16(24)13-11-15/h6-13,21,25H,14H2,1-5H3. The molecular formula is C23H27ClN2OSi. The van der Waals surface area contributed by atoms with Gasteiger partial charge in [-0.3, -0.25) is 10.1 Å². The molecule has 1 aliphatic rings. The molecule has 1 aliphatic heterocycles. The number of para-hydroxylation sites is 1. The van der Waals surface area contributed by atoms with Crippen LogP contribution in [0, 0.1) is 0 Å². The third-order valence-electron chi connectivity index (χ3n) is 6.53. The van der Waals surface area contributed by atoms with E-state index < -0.39 is 8.24 Å². The molecule has 5 heteroatoms. The Hall–Kier alpha value is -1.88. The predicted molar refractivity (Wildman–Crippen MR) is 120 cm³/mol. The molecule has 3 nitrogen and oxygen atoms in total. The Balaban J connectivity index is 2.06. The molecule has 146 valence electrons. The first kappa shape index (κ1) is 19.4. The molecule has 2 heterocycles. The van der Waals surface area contributed by atoms with Crippen LogP contribution in [0.2, 0.25) is 23.2 Å². The molecular weight excluding hydrogens is 384 g/mol. The highest BCUT2D eigenvalue weighted by atomic mass is 35.5. The maximum atomic E-state index is 13.2. The summed E-state index contributed by atoms with van der Waals surface area (Å²) in [7, 11) is -2.01. The molecule has 0 aliphatic carbocycles. The quantitative estimate of drug-likeness (QED) is 0.524. The summed E-state index contributed by atoms with van der Waals surface area (Å²) in [5.41, 5.74) is 4.32. The summed E-state index contributed by atoms with van der Waals surface area (Å²) in [6.07, 6.45) is 0. The molecule has 0 saturated carbocycles. The van der Waals surface area contributed by atoms with E-state index in [-0.39, 0.29) is 16.9 Å². The zero-order chi connectivity index (χ0) is 20.3. The van der Waals surface area contributed by atoms with Crippen molar-refractivity contribution in [2.45, 2.75) is 44.9 Å². The summed E-state index contributed by atoms with van der Waals surface area (Å²) in [4.78, 5) is 13.2. The van der Waals surface area contributed by atoms with Gasteiger partial charge in [-0.1, -0.05) is 75.8 Å². The minimum absolute atomic E-state index is 0.0131. The van der Waals surface area contributed by atoms with Crippen LogP contribution >= 0.6 is 11.6 Å². The van der Waals surface area contributed by atoms with Crippen LogP contribution in [0.5, 0.6) is 0 Å². The van der Waals surface area contributed by atoms with Crippen LogP contribution in [0.3, 0.4) is 0 Å². The van der Waals surface area contributed by atoms with Crippen LogP contribution in [0.25, 0.3) is 10.9 Å². The molecule has 28 heavy (non-hydrogen) atoms. The number of nitrogens with zero attached hydrogens (tertiary/aromatic N) is 1. The van der Waals surface area contributed by atoms with Gasteiger partial charge in [-0.15, -0.1) is 0 Å². The number of hydrogen-bond donors (Lipinski definition) is 1. The highest BCUT2D eigenvalue weighted by molar-refractivity contribution is 6.79. The molecule has 1 unspecified atom stereocenters. The molecule has 1 atom stereocenters. The highest BCUT2D eigenvalue weighted by Gasteiger charge is 2.43. The summed E-state index contributed by atoms with van der Waals surface area (Å²) in [6.45, 7) is 12.0. The lowest BCUT2D eigenvalue weighted by atomic mass is 9.92. The van der Waals surface area contributed by atoms with Gasteiger partial charge >= 0.3 is 0 Å². The molecule has 0 fully saturated rings. The summed E-state index contributed by atoms with van der Waals surface area (Å²) >= 11 is 6.11. The summed E-state index contributed by atoms with van der Waals surface area (Å²) in [5.74, 6) is 0.182. The van der Waals surface area contributed by atoms with Gasteiger partial charge in [0.15, 0.2) is 14.0 Å². The van der Waals surface area contributed by atoms with E-state index in [1.54, 1.807) is 0 Å². The first-order chi connectivity index (χ1) is 13.1. The van der Waals surface area contributed by atoms with E-state index in [2.05, 4.69) is 79.8 Å². The number of carbonyl (C=O) groups is 1. The van der Waals surface area contributed by atoms with Crippen molar-refractivity contribution in [3.05, 3.63) is 70.4 Å². The molecule has 0 amide bonds. The van der Waals surface area contributed by atoms with Crippen molar-refractivity contribution >= 4 is 36.5 Å². The second kappa shape index (κ2) is 6.58. The lowest BCUT2D eigenvalue weighted by Crippen LogP contribution is -2.48. The molecule has 2 aromatic carbocycles. The van der Waals surface area contributed by atoms with Crippen LogP contribution in [-0.4, -0.2) is 24.8 Å². The molecule has 0 saturated heterocycles. The van der Waals surface area contributed by atoms with Gasteiger partial charge in [0.05, 0.1) is 18.3 Å². The van der Waals surface area contributed by atoms with Gasteiger partial charge in [-0.05, 0) is 28.8 Å². The third-order valence-corrected chi connectivity index (χ3v) is 12.0. The Morgan fingerprint density at radius 2 is 1.71 bits per heavy atom. The highest BCUT2D eigenvalue weighted by Crippen LogP contribution is 2.44. The summed E-state index contributed by atoms with van der Waals surface area (Å²) in [6, 6.07) is 16.4. The zero-order valence-electron chi connectivity index (χ0n) is 17.1. The van der Waals surface area contributed by atoms with Crippen LogP contribution in [0.15, 0.2) is 48.5 Å². The Bertz CT molecular complexity index is 1060. The van der Waals surface area contributed by atoms with E-state index in [1.807, 2.05) is 12.1 Å². The van der Waals surface area contributed by atoms with Crippen molar-refractivity contribution < 1.29 is 4.79 Å². The molecule has 3 aromatic rings. The third kappa shape index (κ3) is 2.86. The minimum atomic E-state index is -2.01. The predicted octanol–water partition coefficient (Wildman–Crippen LogP) is 6.02. The number of aromatic nitrogens is 1. The molecule has 4 rings (SSSR count). The fourth-order valence-electron chi connectivity index (χ4n) is 4.07. The average Bonchev–Trinajstić information content (AvgIpc) is 2.99. The van der Waals surface area contributed by atoms with Gasteiger partial charge in [0.25, 0.3) is 0 Å². The first-order valence-corrected chi connectivity index (χ1v) is 13.1. The number of nitrogens with one attached hydrogen (secondary N) is 1. The number of benzene rings is 2. The fraction of sp³-hybridized carbons (Fsp3) is 0.348. The zero-order valence-corrected chi connectivity index (χ0v) is 18.9. The van der Waals surface area contributed by atoms with Crippen molar-refractivity contribution in [1.82, 2.24) is 9.55 Å². The van der Waals surface area contributed by atoms with Gasteiger partial charge in [0.1, 0.15) is 0 Å². The second-order valence-electron chi connectivity index (χ2n) is 9.21. The van der Waals surface area contributed by atoms with Gasteiger partial charge < -0.3 is 4.23 Å². The first-order valence-electron chi connectivity index (χ1n) is 9.79. The number of ketones is 1. The molecule has 0 radical (unpaired) electrons. The van der Waals surface area contributed by atoms with Crippen LogP contribution in [-0.2, 0) is 0 Å². The normalized spacial score (nSPS) is 17.8. The molecule has 1 N–H and O–H groups in total. The van der Waals surface area contributed by atoms with Crippen LogP contribution < -0.4 is 5.32 Å². The van der Waals surface area contributed by atoms with Crippen molar-refractivity contribution in [1.29, 1.82) is 0 Å². The van der Waals surface area contributed by atoms with Gasteiger partial charge in [-0.2, -0.15) is 0 Å². The Morgan fingerprint density at radius 1 is 1.07 bits per heavy atom. The number of carbonyl (C=O) groups excluding carboxylic acids is 1. The van der Waals surface area contributed by atoms with Crippen molar-refractivity contribution in [2.24, 2.45) is 0 Å². The van der Waals surface area contributed by atoms with E-state index >= 15 is 0 Å². The lowest BCUT2D eigenvalue weighted by molar-refractivity contribution is 0.0972. The monoisotopic (exact) mass is 410 g/mol. The minimum Gasteiger partial charge on any atom is -0.365 e. The maximum absolute atomic E-state index is 13.2. The topological polar surface area (TPSA) is 34.0 Å². The average molecular weight is 411 g/mol. The number of Topliss-reactive ketones (excluding diaryl/α,β-unsaturated/α-hetero) is 1. The van der Waals surface area contributed by atoms with Gasteiger partial charge in [-0.25, -0.2) is 0 Å². The van der Waals surface area contributed by atoms with Crippen molar-refractivity contribution in [2.75, 3.05) is 6.54 Å². The second-order valence-corrected chi connectivity index (χ2v) is 14.7. The van der Waals surface area contributed by atoms with Crippen LogP contribution in [0.1, 0.15) is 48.4 Å². The number of fused-ring (bicyclic) bond motifs is 3. The molecule has 0 spiro atoms. The smallest absolute Gasteiger partial charge is 0.192 e. The summed E-state index contributed by atoms with van der Waals surface area (Å²) in [5, 5.41) is 5.47. The van der Waals surface area contributed by atoms with Crippen molar-refractivity contribution in [3.8, 4) is 0 Å². The number of rotatable bonds is 2. The molecule has 0 bridgehead atoms. The largest absolute Gasteiger partial charge is 0.365 e. The van der Waals surface area contributed by atoms with Gasteiger partial charge in [0, 0.05) is 21.5 Å². The Kier molecular flexibility index (Phi) is 4.57. The SMILES string of the molecule is CC(C)(C)[Si](C)(C)n1c2c(c3ccccc31)C(c1ccc(Cl)cc1)NCC2=O. The Morgan fingerprint density at radius 3 is 2.36 bits per heavy atom. The van der Waals surface area contributed by atoms with Crippen LogP contribution in [0.4, 0.5) is 0 Å². The fourth-order valence-corrected chi connectivity index (χ4v) is 6.47. The van der Waals surface area contributed by atoms with Crippen molar-refractivity contribution in [3.63, 3.8) is 0 Å². The maximum Gasteiger partial charge on any atom is 0.192 e.